The van der Waals surface area contributed by atoms with Gasteiger partial charge in [-0.25, -0.2) is 4.79 Å². The molecule has 1 aromatic rings. The first-order chi connectivity index (χ1) is 14.0. The van der Waals surface area contributed by atoms with Gasteiger partial charge in [0.2, 0.25) is 0 Å². The van der Waals surface area contributed by atoms with Gasteiger partial charge in [-0.15, -0.1) is 0 Å². The molecule has 1 unspecified atom stereocenters. The quantitative estimate of drug-likeness (QED) is 0.250. The van der Waals surface area contributed by atoms with Crippen molar-refractivity contribution in [1.29, 1.82) is 0 Å². The monoisotopic (exact) mass is 439 g/mol. The molecule has 0 aliphatic rings. The summed E-state index contributed by atoms with van der Waals surface area (Å²) in [6, 6.07) is 5.91. The minimum atomic E-state index is -1.80. The highest BCUT2D eigenvalue weighted by Gasteiger charge is 2.42. The molecule has 0 saturated heterocycles. The second-order valence-electron chi connectivity index (χ2n) is 6.44. The van der Waals surface area contributed by atoms with E-state index < -0.39 is 49.1 Å². The molecular weight excluding hydrogens is 418 g/mol. The third-order valence-electron chi connectivity index (χ3n) is 4.38. The molecule has 0 aliphatic heterocycles. The molecule has 0 aromatic heterocycles. The van der Waals surface area contributed by atoms with Crippen molar-refractivity contribution in [1.82, 2.24) is 9.80 Å². The van der Waals surface area contributed by atoms with Crippen LogP contribution in [0.3, 0.4) is 0 Å². The normalized spacial score (nSPS) is 12.8. The fraction of sp³-hybridized carbons (Fsp3) is 0.389. The summed E-state index contributed by atoms with van der Waals surface area (Å²) in [5, 5.41) is 39.3. The van der Waals surface area contributed by atoms with E-state index >= 15 is 0 Å². The van der Waals surface area contributed by atoms with Crippen LogP contribution in [-0.4, -0.2) is 92.0 Å². The summed E-state index contributed by atoms with van der Waals surface area (Å²) in [7, 11) is 0. The molecule has 0 aliphatic carbocycles. The van der Waals surface area contributed by atoms with Gasteiger partial charge in [0.25, 0.3) is 0 Å². The molecular formula is C18H21N3O8S. The van der Waals surface area contributed by atoms with E-state index in [1.807, 2.05) is 0 Å². The maximum absolute atomic E-state index is 12.2. The van der Waals surface area contributed by atoms with Crippen LogP contribution in [0.25, 0.3) is 0 Å². The Bertz CT molecular complexity index is 837. The molecule has 30 heavy (non-hydrogen) atoms. The lowest BCUT2D eigenvalue weighted by Gasteiger charge is -2.38. The number of carbonyl (C=O) groups is 4. The first-order valence-electron chi connectivity index (χ1n) is 8.55. The van der Waals surface area contributed by atoms with E-state index in [0.717, 1.165) is 9.80 Å². The predicted molar refractivity (Wildman–Crippen MR) is 107 cm³/mol. The summed E-state index contributed by atoms with van der Waals surface area (Å²) >= 11 is 4.52. The fourth-order valence-corrected chi connectivity index (χ4v) is 2.94. The molecule has 0 bridgehead atoms. The molecule has 0 saturated carbocycles. The Hall–Kier alpha value is -3.18. The van der Waals surface area contributed by atoms with Crippen LogP contribution in [0.1, 0.15) is 12.5 Å². The molecule has 0 heterocycles. The van der Waals surface area contributed by atoms with Crippen molar-refractivity contribution in [3.05, 3.63) is 29.8 Å². The molecule has 12 heteroatoms. The highest BCUT2D eigenvalue weighted by atomic mass is 32.1. The molecule has 0 radical (unpaired) electrons. The summed E-state index contributed by atoms with van der Waals surface area (Å²) in [6.45, 7) is -0.939. The third-order valence-corrected chi connectivity index (χ3v) is 4.47. The van der Waals surface area contributed by atoms with Crippen molar-refractivity contribution in [3.63, 3.8) is 0 Å². The largest absolute Gasteiger partial charge is 0.480 e. The Morgan fingerprint density at radius 2 is 1.43 bits per heavy atom. The number of hydrogen-bond acceptors (Lipinski definition) is 8. The number of carboxylic acids is 4. The predicted octanol–water partition coefficient (Wildman–Crippen LogP) is 0.579. The molecule has 0 spiro atoms. The Morgan fingerprint density at radius 1 is 0.933 bits per heavy atom. The number of hydrogen-bond donors (Lipinski definition) is 4. The van der Waals surface area contributed by atoms with Crippen LogP contribution in [0.2, 0.25) is 0 Å². The average Bonchev–Trinajstić information content (AvgIpc) is 2.63. The highest BCUT2D eigenvalue weighted by Crippen LogP contribution is 2.30. The van der Waals surface area contributed by atoms with Crippen LogP contribution >= 0.6 is 12.2 Å². The first kappa shape index (κ1) is 24.9. The van der Waals surface area contributed by atoms with Crippen LogP contribution in [-0.2, 0) is 24.7 Å². The zero-order chi connectivity index (χ0) is 22.9. The SMILES string of the molecule is CC(C(=O)O)(c1ccc(N=C=S)cc1)N(CCN(CC(=O)O)CC(=O)O)CC(=O)O. The molecule has 162 valence electrons. The van der Waals surface area contributed by atoms with E-state index in [2.05, 4.69) is 22.4 Å². The Balaban J connectivity index is 3.26. The number of isothiocyanates is 1. The lowest BCUT2D eigenvalue weighted by Crippen LogP contribution is -2.54. The van der Waals surface area contributed by atoms with Crippen molar-refractivity contribution >= 4 is 46.9 Å². The Morgan fingerprint density at radius 3 is 1.83 bits per heavy atom. The zero-order valence-electron chi connectivity index (χ0n) is 16.0. The number of nitrogens with zero attached hydrogens (tertiary/aromatic N) is 3. The standard InChI is InChI=1S/C18H21N3O8S/c1-18(17(28)29,12-2-4-13(5-3-12)19-11-30)21(10-16(26)27)7-6-20(8-14(22)23)9-15(24)25/h2-5H,6-10H2,1H3,(H,22,23)(H,24,25)(H,26,27)(H,28,29). The van der Waals surface area contributed by atoms with E-state index in [0.29, 0.717) is 5.69 Å². The Kier molecular flexibility index (Phi) is 9.21. The number of thiocarbonyl (C=S) groups is 1. The number of aliphatic imine (C=N–C) groups is 1. The van der Waals surface area contributed by atoms with E-state index in [4.69, 9.17) is 10.2 Å². The lowest BCUT2D eigenvalue weighted by atomic mass is 9.89. The average molecular weight is 439 g/mol. The van der Waals surface area contributed by atoms with Gasteiger partial charge in [-0.05, 0) is 36.8 Å². The van der Waals surface area contributed by atoms with Gasteiger partial charge in [0.1, 0.15) is 5.54 Å². The van der Waals surface area contributed by atoms with E-state index in [1.165, 1.54) is 31.2 Å². The molecule has 0 fully saturated rings. The van der Waals surface area contributed by atoms with Crippen LogP contribution in [0.5, 0.6) is 0 Å². The van der Waals surface area contributed by atoms with Crippen molar-refractivity contribution in [2.75, 3.05) is 32.7 Å². The van der Waals surface area contributed by atoms with Crippen LogP contribution < -0.4 is 0 Å². The summed E-state index contributed by atoms with van der Waals surface area (Å²) in [5.74, 6) is -5.17. The summed E-state index contributed by atoms with van der Waals surface area (Å²) in [4.78, 5) is 51.5. The van der Waals surface area contributed by atoms with Crippen molar-refractivity contribution < 1.29 is 39.6 Å². The van der Waals surface area contributed by atoms with Crippen LogP contribution in [0, 0.1) is 0 Å². The second kappa shape index (κ2) is 11.1. The van der Waals surface area contributed by atoms with E-state index in [-0.39, 0.29) is 18.7 Å². The summed E-state index contributed by atoms with van der Waals surface area (Å²) < 4.78 is 0. The highest BCUT2D eigenvalue weighted by molar-refractivity contribution is 7.78. The van der Waals surface area contributed by atoms with Crippen molar-refractivity contribution in [2.24, 2.45) is 4.99 Å². The van der Waals surface area contributed by atoms with E-state index in [1.54, 1.807) is 0 Å². The van der Waals surface area contributed by atoms with Crippen LogP contribution in [0.4, 0.5) is 5.69 Å². The van der Waals surface area contributed by atoms with Gasteiger partial charge in [-0.3, -0.25) is 24.2 Å². The second-order valence-corrected chi connectivity index (χ2v) is 6.62. The Labute approximate surface area is 176 Å². The van der Waals surface area contributed by atoms with E-state index in [9.17, 15) is 29.4 Å². The van der Waals surface area contributed by atoms with Gasteiger partial charge in [-0.2, -0.15) is 4.99 Å². The van der Waals surface area contributed by atoms with Crippen LogP contribution in [0.15, 0.2) is 29.3 Å². The van der Waals surface area contributed by atoms with Gasteiger partial charge < -0.3 is 20.4 Å². The van der Waals surface area contributed by atoms with Gasteiger partial charge in [0, 0.05) is 13.1 Å². The molecule has 0 amide bonds. The summed E-state index contributed by atoms with van der Waals surface area (Å²) in [5.41, 5.74) is -1.11. The van der Waals surface area contributed by atoms with Gasteiger partial charge >= 0.3 is 23.9 Å². The van der Waals surface area contributed by atoms with Gasteiger partial charge in [0.15, 0.2) is 0 Å². The maximum Gasteiger partial charge on any atom is 0.328 e. The number of rotatable bonds is 13. The first-order valence-corrected chi connectivity index (χ1v) is 8.96. The van der Waals surface area contributed by atoms with Crippen molar-refractivity contribution in [2.45, 2.75) is 12.5 Å². The minimum Gasteiger partial charge on any atom is -0.480 e. The topological polar surface area (TPSA) is 168 Å². The molecule has 11 nitrogen and oxygen atoms in total. The van der Waals surface area contributed by atoms with Crippen molar-refractivity contribution in [3.8, 4) is 0 Å². The lowest BCUT2D eigenvalue weighted by molar-refractivity contribution is -0.155. The fourth-order valence-electron chi connectivity index (χ4n) is 2.84. The number of carboxylic acid groups (broad SMARTS) is 4. The maximum atomic E-state index is 12.2. The third kappa shape index (κ3) is 7.01. The minimum absolute atomic E-state index is 0.179. The van der Waals surface area contributed by atoms with Gasteiger partial charge in [0.05, 0.1) is 30.5 Å². The van der Waals surface area contributed by atoms with Gasteiger partial charge in [-0.1, -0.05) is 12.1 Å². The number of benzene rings is 1. The molecule has 4 N–H and O–H groups in total. The smallest absolute Gasteiger partial charge is 0.328 e. The molecule has 1 rings (SSSR count). The molecule has 1 atom stereocenters. The number of aliphatic carboxylic acids is 4. The molecule has 1 aromatic carbocycles. The zero-order valence-corrected chi connectivity index (χ0v) is 16.8. The summed E-state index contributed by atoms with van der Waals surface area (Å²) in [6.07, 6.45) is 0.